The molecule has 0 saturated carbocycles. The van der Waals surface area contributed by atoms with Crippen molar-refractivity contribution in [1.29, 1.82) is 0 Å². The van der Waals surface area contributed by atoms with Gasteiger partial charge in [0.05, 0.1) is 10.4 Å². The molecule has 1 aliphatic carbocycles. The minimum atomic E-state index is -0.987. The Kier molecular flexibility index (Phi) is 3.03. The van der Waals surface area contributed by atoms with Crippen LogP contribution in [0.25, 0.3) is 5.57 Å². The van der Waals surface area contributed by atoms with E-state index in [4.69, 9.17) is 5.11 Å². The first-order valence-electron chi connectivity index (χ1n) is 6.25. The van der Waals surface area contributed by atoms with Gasteiger partial charge in [0.2, 0.25) is 5.78 Å². The van der Waals surface area contributed by atoms with Gasteiger partial charge in [-0.25, -0.2) is 4.79 Å². The summed E-state index contributed by atoms with van der Waals surface area (Å²) in [6, 6.07) is 9.29. The van der Waals surface area contributed by atoms with E-state index in [-0.39, 0.29) is 11.3 Å². The fourth-order valence-corrected chi connectivity index (χ4v) is 3.40. The fourth-order valence-electron chi connectivity index (χ4n) is 2.44. The van der Waals surface area contributed by atoms with Crippen LogP contribution in [0, 0.1) is 6.92 Å². The Labute approximate surface area is 120 Å². The predicted molar refractivity (Wildman–Crippen MR) is 78.5 cm³/mol. The molecule has 1 heterocycles. The van der Waals surface area contributed by atoms with Gasteiger partial charge in [0, 0.05) is 10.5 Å². The van der Waals surface area contributed by atoms with E-state index >= 15 is 0 Å². The number of carbonyl (C=O) groups is 2. The van der Waals surface area contributed by atoms with Crippen LogP contribution in [-0.4, -0.2) is 16.9 Å². The number of aromatic carboxylic acids is 1. The summed E-state index contributed by atoms with van der Waals surface area (Å²) in [4.78, 5) is 24.8. The molecule has 3 rings (SSSR count). The lowest BCUT2D eigenvalue weighted by Crippen LogP contribution is -2.00. The summed E-state index contributed by atoms with van der Waals surface area (Å²) in [6.07, 6.45) is 2.68. The van der Waals surface area contributed by atoms with E-state index in [9.17, 15) is 9.59 Å². The first-order chi connectivity index (χ1) is 9.58. The van der Waals surface area contributed by atoms with E-state index in [1.807, 2.05) is 30.3 Å². The van der Waals surface area contributed by atoms with Crippen molar-refractivity contribution in [3.8, 4) is 0 Å². The highest BCUT2D eigenvalue weighted by Crippen LogP contribution is 2.32. The summed E-state index contributed by atoms with van der Waals surface area (Å²) in [6.45, 7) is 1.72. The molecule has 0 fully saturated rings. The third-order valence-corrected chi connectivity index (χ3v) is 4.50. The molecule has 3 nitrogen and oxygen atoms in total. The SMILES string of the molecule is Cc1sc(C(=O)C2=CCc3ccccc32)cc1C(=O)O. The molecule has 0 aliphatic heterocycles. The molecule has 0 radical (unpaired) electrons. The maximum Gasteiger partial charge on any atom is 0.336 e. The van der Waals surface area contributed by atoms with Gasteiger partial charge >= 0.3 is 5.97 Å². The third kappa shape index (κ3) is 1.98. The van der Waals surface area contributed by atoms with E-state index in [0.717, 1.165) is 17.5 Å². The molecule has 0 unspecified atom stereocenters. The van der Waals surface area contributed by atoms with E-state index in [0.29, 0.717) is 15.3 Å². The second kappa shape index (κ2) is 4.72. The number of aryl methyl sites for hydroxylation is 1. The summed E-state index contributed by atoms with van der Waals surface area (Å²) >= 11 is 1.24. The van der Waals surface area contributed by atoms with Crippen molar-refractivity contribution in [3.63, 3.8) is 0 Å². The molecule has 0 saturated heterocycles. The number of Topliss-reactive ketones (excluding diaryl/α,β-unsaturated/α-hetero) is 1. The second-order valence-electron chi connectivity index (χ2n) is 4.69. The lowest BCUT2D eigenvalue weighted by Gasteiger charge is -2.02. The van der Waals surface area contributed by atoms with Crippen molar-refractivity contribution >= 4 is 28.7 Å². The van der Waals surface area contributed by atoms with Gasteiger partial charge < -0.3 is 5.11 Å². The Morgan fingerprint density at radius 3 is 2.70 bits per heavy atom. The highest BCUT2D eigenvalue weighted by molar-refractivity contribution is 7.14. The van der Waals surface area contributed by atoms with Crippen LogP contribution in [0.3, 0.4) is 0 Å². The Bertz CT molecular complexity index is 753. The van der Waals surface area contributed by atoms with Crippen molar-refractivity contribution in [2.45, 2.75) is 13.3 Å². The van der Waals surface area contributed by atoms with E-state index < -0.39 is 5.97 Å². The topological polar surface area (TPSA) is 54.4 Å². The molecule has 0 amide bonds. The number of allylic oxidation sites excluding steroid dienone is 2. The van der Waals surface area contributed by atoms with Crippen molar-refractivity contribution in [1.82, 2.24) is 0 Å². The van der Waals surface area contributed by atoms with Gasteiger partial charge in [-0.05, 0) is 30.5 Å². The summed E-state index contributed by atoms with van der Waals surface area (Å²) in [5.74, 6) is -1.07. The maximum absolute atomic E-state index is 12.5. The molecule has 100 valence electrons. The highest BCUT2D eigenvalue weighted by atomic mass is 32.1. The monoisotopic (exact) mass is 284 g/mol. The van der Waals surface area contributed by atoms with Crippen LogP contribution in [0.5, 0.6) is 0 Å². The average molecular weight is 284 g/mol. The summed E-state index contributed by atoms with van der Waals surface area (Å²) in [7, 11) is 0. The van der Waals surface area contributed by atoms with Crippen LogP contribution in [0.15, 0.2) is 36.4 Å². The van der Waals surface area contributed by atoms with Gasteiger partial charge in [0.25, 0.3) is 0 Å². The quantitative estimate of drug-likeness (QED) is 0.876. The molecular formula is C16H12O3S. The number of ketones is 1. The number of carboxylic acid groups (broad SMARTS) is 1. The van der Waals surface area contributed by atoms with Crippen LogP contribution >= 0.6 is 11.3 Å². The number of thiophene rings is 1. The molecular weight excluding hydrogens is 272 g/mol. The van der Waals surface area contributed by atoms with Gasteiger partial charge in [-0.1, -0.05) is 30.3 Å². The van der Waals surface area contributed by atoms with Gasteiger partial charge in [-0.15, -0.1) is 11.3 Å². The van der Waals surface area contributed by atoms with Crippen LogP contribution in [-0.2, 0) is 6.42 Å². The van der Waals surface area contributed by atoms with Crippen molar-refractivity contribution in [2.24, 2.45) is 0 Å². The molecule has 0 bridgehead atoms. The highest BCUT2D eigenvalue weighted by Gasteiger charge is 2.24. The predicted octanol–water partition coefficient (Wildman–Crippen LogP) is 3.58. The van der Waals surface area contributed by atoms with Crippen LogP contribution in [0.2, 0.25) is 0 Å². The Morgan fingerprint density at radius 1 is 1.25 bits per heavy atom. The number of carboxylic acids is 1. The zero-order valence-corrected chi connectivity index (χ0v) is 11.7. The molecule has 1 N–H and O–H groups in total. The first kappa shape index (κ1) is 12.8. The number of benzene rings is 1. The molecule has 2 aromatic rings. The smallest absolute Gasteiger partial charge is 0.336 e. The second-order valence-corrected chi connectivity index (χ2v) is 5.95. The molecule has 1 aromatic carbocycles. The molecule has 4 heteroatoms. The van der Waals surface area contributed by atoms with Gasteiger partial charge in [0.15, 0.2) is 0 Å². The summed E-state index contributed by atoms with van der Waals surface area (Å²) in [5.41, 5.74) is 2.99. The van der Waals surface area contributed by atoms with Gasteiger partial charge in [0.1, 0.15) is 0 Å². The average Bonchev–Trinajstić information content (AvgIpc) is 3.01. The van der Waals surface area contributed by atoms with E-state index in [1.165, 1.54) is 17.4 Å². The number of carbonyl (C=O) groups excluding carboxylic acids is 1. The number of hydrogen-bond acceptors (Lipinski definition) is 3. The Morgan fingerprint density at radius 2 is 2.00 bits per heavy atom. The Hall–Kier alpha value is -2.20. The van der Waals surface area contributed by atoms with Gasteiger partial charge in [-0.3, -0.25) is 4.79 Å². The number of hydrogen-bond donors (Lipinski definition) is 1. The number of fused-ring (bicyclic) bond motifs is 1. The van der Waals surface area contributed by atoms with E-state index in [2.05, 4.69) is 0 Å². The molecule has 1 aliphatic rings. The summed E-state index contributed by atoms with van der Waals surface area (Å²) < 4.78 is 0. The number of rotatable bonds is 3. The lowest BCUT2D eigenvalue weighted by molar-refractivity contribution is 0.0697. The standard InChI is InChI=1S/C16H12O3S/c1-9-13(16(18)19)8-14(20-9)15(17)12-7-6-10-4-2-3-5-11(10)12/h2-5,7-8H,6H2,1H3,(H,18,19). The normalized spacial score (nSPS) is 12.9. The largest absolute Gasteiger partial charge is 0.478 e. The minimum absolute atomic E-state index is 0.0875. The molecule has 20 heavy (non-hydrogen) atoms. The van der Waals surface area contributed by atoms with Crippen LogP contribution < -0.4 is 0 Å². The van der Waals surface area contributed by atoms with Crippen molar-refractivity contribution in [2.75, 3.05) is 0 Å². The van der Waals surface area contributed by atoms with Crippen LogP contribution in [0.4, 0.5) is 0 Å². The maximum atomic E-state index is 12.5. The van der Waals surface area contributed by atoms with E-state index in [1.54, 1.807) is 6.92 Å². The molecule has 0 atom stereocenters. The fraction of sp³-hybridized carbons (Fsp3) is 0.125. The molecule has 0 spiro atoms. The third-order valence-electron chi connectivity index (χ3n) is 3.45. The lowest BCUT2D eigenvalue weighted by atomic mass is 10.0. The zero-order valence-electron chi connectivity index (χ0n) is 10.8. The van der Waals surface area contributed by atoms with Gasteiger partial charge in [-0.2, -0.15) is 0 Å². The Balaban J connectivity index is 1.99. The van der Waals surface area contributed by atoms with Crippen molar-refractivity contribution in [3.05, 3.63) is 62.9 Å². The molecule has 1 aromatic heterocycles. The summed E-state index contributed by atoms with van der Waals surface area (Å²) in [5, 5.41) is 9.06. The van der Waals surface area contributed by atoms with Crippen molar-refractivity contribution < 1.29 is 14.7 Å². The van der Waals surface area contributed by atoms with Crippen LogP contribution in [0.1, 0.15) is 36.0 Å². The minimum Gasteiger partial charge on any atom is -0.478 e. The zero-order chi connectivity index (χ0) is 14.3. The first-order valence-corrected chi connectivity index (χ1v) is 7.06.